The van der Waals surface area contributed by atoms with Gasteiger partial charge in [-0.2, -0.15) is 0 Å². The minimum absolute atomic E-state index is 0.641. The molecule has 0 saturated carbocycles. The fourth-order valence-corrected chi connectivity index (χ4v) is 6.72. The second-order valence-corrected chi connectivity index (χ2v) is 13.6. The summed E-state index contributed by atoms with van der Waals surface area (Å²) >= 11 is 0. The van der Waals surface area contributed by atoms with Crippen LogP contribution < -0.4 is 0 Å². The van der Waals surface area contributed by atoms with E-state index >= 15 is 0 Å². The van der Waals surface area contributed by atoms with Gasteiger partial charge in [0, 0.05) is 25.5 Å². The third kappa shape index (κ3) is 23.5. The van der Waals surface area contributed by atoms with Gasteiger partial charge in [-0.3, -0.25) is 0 Å². The highest BCUT2D eigenvalue weighted by Crippen LogP contribution is 2.24. The van der Waals surface area contributed by atoms with Crippen LogP contribution in [0.25, 0.3) is 0 Å². The van der Waals surface area contributed by atoms with E-state index in [1.165, 1.54) is 212 Å². The molecule has 0 N–H and O–H groups in total. The lowest BCUT2D eigenvalue weighted by atomic mass is 10.0. The molecule has 244 valence electrons. The SMILES string of the molecule is CCCCCCCCCCCCCCCCCCN1C=CN(CCCCCCCCC)C1CCCCCCCCC. The van der Waals surface area contributed by atoms with Gasteiger partial charge in [-0.15, -0.1) is 0 Å². The lowest BCUT2D eigenvalue weighted by Gasteiger charge is -2.33. The molecule has 1 aliphatic rings. The number of unbranched alkanes of at least 4 members (excludes halogenated alkanes) is 27. The molecule has 2 heteroatoms. The predicted octanol–water partition coefficient (Wildman–Crippen LogP) is 13.6. The average molecular weight is 575 g/mol. The maximum absolute atomic E-state index is 2.71. The molecule has 1 atom stereocenters. The Bertz CT molecular complexity index is 530. The van der Waals surface area contributed by atoms with Crippen molar-refractivity contribution < 1.29 is 0 Å². The molecule has 0 aliphatic carbocycles. The lowest BCUT2D eigenvalue weighted by molar-refractivity contribution is 0.135. The van der Waals surface area contributed by atoms with Crippen molar-refractivity contribution in [1.82, 2.24) is 9.80 Å². The van der Waals surface area contributed by atoms with Gasteiger partial charge < -0.3 is 9.80 Å². The van der Waals surface area contributed by atoms with Crippen LogP contribution >= 0.6 is 0 Å². The maximum atomic E-state index is 2.71. The van der Waals surface area contributed by atoms with Crippen LogP contribution in [0, 0.1) is 0 Å². The molecule has 0 aromatic heterocycles. The molecule has 1 unspecified atom stereocenters. The van der Waals surface area contributed by atoms with Crippen LogP contribution in [0.5, 0.6) is 0 Å². The van der Waals surface area contributed by atoms with Crippen molar-refractivity contribution >= 4 is 0 Å². The molecule has 0 fully saturated rings. The normalized spacial score (nSPS) is 15.0. The Morgan fingerprint density at radius 2 is 0.561 bits per heavy atom. The van der Waals surface area contributed by atoms with Crippen LogP contribution in [0.2, 0.25) is 0 Å². The molecule has 0 radical (unpaired) electrons. The van der Waals surface area contributed by atoms with E-state index in [1.54, 1.807) is 0 Å². The molecule has 1 aliphatic heterocycles. The molecule has 0 aromatic carbocycles. The van der Waals surface area contributed by atoms with Gasteiger partial charge >= 0.3 is 0 Å². The first-order chi connectivity index (χ1) is 20.3. The monoisotopic (exact) mass is 575 g/mol. The number of hydrogen-bond donors (Lipinski definition) is 0. The Labute approximate surface area is 260 Å². The number of hydrogen-bond acceptors (Lipinski definition) is 2. The molecular weight excluding hydrogens is 496 g/mol. The van der Waals surface area contributed by atoms with E-state index in [1.807, 2.05) is 0 Å². The fourth-order valence-electron chi connectivity index (χ4n) is 6.72. The zero-order chi connectivity index (χ0) is 29.5. The van der Waals surface area contributed by atoms with E-state index in [-0.39, 0.29) is 0 Å². The first-order valence-electron chi connectivity index (χ1n) is 19.5. The molecular formula is C39H78N2. The molecule has 1 rings (SSSR count). The standard InChI is InChI=1S/C39H78N2/c1-4-7-10-13-16-17-18-19-20-21-22-23-24-27-30-33-36-41-38-37-40(35-32-29-26-15-12-9-6-3)39(41)34-31-28-25-14-11-8-5-2/h37-39H,4-36H2,1-3H3. The van der Waals surface area contributed by atoms with Crippen LogP contribution in [0.4, 0.5) is 0 Å². The van der Waals surface area contributed by atoms with Gasteiger partial charge in [0.15, 0.2) is 0 Å². The summed E-state index contributed by atoms with van der Waals surface area (Å²) < 4.78 is 0. The third-order valence-corrected chi connectivity index (χ3v) is 9.57. The van der Waals surface area contributed by atoms with Crippen LogP contribution in [0.3, 0.4) is 0 Å². The molecule has 0 bridgehead atoms. The second kappa shape index (κ2) is 30.8. The summed E-state index contributed by atoms with van der Waals surface area (Å²) in [6.07, 6.45) is 49.9. The molecule has 0 saturated heterocycles. The van der Waals surface area contributed by atoms with E-state index in [0.717, 1.165) is 0 Å². The molecule has 0 amide bonds. The quantitative estimate of drug-likeness (QED) is 0.0719. The zero-order valence-corrected chi connectivity index (χ0v) is 29.0. The summed E-state index contributed by atoms with van der Waals surface area (Å²) in [5, 5.41) is 0. The van der Waals surface area contributed by atoms with E-state index in [4.69, 9.17) is 0 Å². The zero-order valence-electron chi connectivity index (χ0n) is 29.0. The number of rotatable bonds is 33. The van der Waals surface area contributed by atoms with Crippen molar-refractivity contribution in [2.24, 2.45) is 0 Å². The van der Waals surface area contributed by atoms with E-state index in [0.29, 0.717) is 6.17 Å². The van der Waals surface area contributed by atoms with Crippen molar-refractivity contribution in [2.75, 3.05) is 13.1 Å². The van der Waals surface area contributed by atoms with E-state index in [2.05, 4.69) is 43.0 Å². The van der Waals surface area contributed by atoms with Crippen LogP contribution in [0.1, 0.15) is 220 Å². The summed E-state index contributed by atoms with van der Waals surface area (Å²) in [7, 11) is 0. The second-order valence-electron chi connectivity index (χ2n) is 13.6. The highest BCUT2D eigenvalue weighted by atomic mass is 15.4. The first kappa shape index (κ1) is 38.4. The topological polar surface area (TPSA) is 6.48 Å². The predicted molar refractivity (Wildman–Crippen MR) is 186 cm³/mol. The van der Waals surface area contributed by atoms with E-state index < -0.39 is 0 Å². The largest absolute Gasteiger partial charge is 0.356 e. The summed E-state index contributed by atoms with van der Waals surface area (Å²) in [6.45, 7) is 9.48. The Kier molecular flexibility index (Phi) is 28.8. The summed E-state index contributed by atoms with van der Waals surface area (Å²) in [6, 6.07) is 0. The Hall–Kier alpha value is -0.660. The number of nitrogens with zero attached hydrogens (tertiary/aromatic N) is 2. The average Bonchev–Trinajstić information content (AvgIpc) is 3.37. The first-order valence-corrected chi connectivity index (χ1v) is 19.5. The fraction of sp³-hybridized carbons (Fsp3) is 0.949. The third-order valence-electron chi connectivity index (χ3n) is 9.57. The van der Waals surface area contributed by atoms with Crippen molar-refractivity contribution in [1.29, 1.82) is 0 Å². The Morgan fingerprint density at radius 1 is 0.317 bits per heavy atom. The van der Waals surface area contributed by atoms with Gasteiger partial charge in [0.2, 0.25) is 0 Å². The minimum atomic E-state index is 0.641. The molecule has 1 heterocycles. The highest BCUT2D eigenvalue weighted by molar-refractivity contribution is 4.97. The summed E-state index contributed by atoms with van der Waals surface area (Å²) in [5.74, 6) is 0. The van der Waals surface area contributed by atoms with Crippen LogP contribution in [-0.2, 0) is 0 Å². The summed E-state index contributed by atoms with van der Waals surface area (Å²) in [4.78, 5) is 5.41. The molecule has 2 nitrogen and oxygen atoms in total. The van der Waals surface area contributed by atoms with Crippen LogP contribution in [-0.4, -0.2) is 29.1 Å². The van der Waals surface area contributed by atoms with Crippen LogP contribution in [0.15, 0.2) is 12.4 Å². The van der Waals surface area contributed by atoms with Crippen molar-refractivity contribution in [3.05, 3.63) is 12.4 Å². The Balaban J connectivity index is 2.13. The van der Waals surface area contributed by atoms with Gasteiger partial charge in [-0.1, -0.05) is 194 Å². The van der Waals surface area contributed by atoms with Gasteiger partial charge in [-0.25, -0.2) is 0 Å². The molecule has 0 spiro atoms. The smallest absolute Gasteiger partial charge is 0.101 e. The minimum Gasteiger partial charge on any atom is -0.356 e. The lowest BCUT2D eigenvalue weighted by Crippen LogP contribution is -2.39. The Morgan fingerprint density at radius 3 is 0.854 bits per heavy atom. The van der Waals surface area contributed by atoms with E-state index in [9.17, 15) is 0 Å². The molecule has 0 aromatic rings. The van der Waals surface area contributed by atoms with Gasteiger partial charge in [-0.05, 0) is 25.7 Å². The summed E-state index contributed by atoms with van der Waals surface area (Å²) in [5.41, 5.74) is 0. The van der Waals surface area contributed by atoms with Crippen molar-refractivity contribution in [3.63, 3.8) is 0 Å². The van der Waals surface area contributed by atoms with Crippen molar-refractivity contribution in [3.8, 4) is 0 Å². The van der Waals surface area contributed by atoms with Gasteiger partial charge in [0.05, 0.1) is 0 Å². The highest BCUT2D eigenvalue weighted by Gasteiger charge is 2.24. The van der Waals surface area contributed by atoms with Crippen molar-refractivity contribution in [2.45, 2.75) is 226 Å². The molecule has 41 heavy (non-hydrogen) atoms. The maximum Gasteiger partial charge on any atom is 0.101 e. The van der Waals surface area contributed by atoms with Gasteiger partial charge in [0.1, 0.15) is 6.17 Å². The van der Waals surface area contributed by atoms with Gasteiger partial charge in [0.25, 0.3) is 0 Å².